The first-order valence-corrected chi connectivity index (χ1v) is 4.31. The highest BCUT2D eigenvalue weighted by molar-refractivity contribution is 7.67. The molecule has 0 aliphatic carbocycles. The fourth-order valence-corrected chi connectivity index (χ4v) is 0.947. The van der Waals surface area contributed by atoms with Gasteiger partial charge in [-0.25, -0.2) is 9.18 Å². The molecule has 0 aliphatic rings. The predicted molar refractivity (Wildman–Crippen MR) is 42.1 cm³/mol. The van der Waals surface area contributed by atoms with Gasteiger partial charge in [0.25, 0.3) is 0 Å². The van der Waals surface area contributed by atoms with Gasteiger partial charge in [-0.3, -0.25) is 0 Å². The van der Waals surface area contributed by atoms with Crippen molar-refractivity contribution in [2.24, 2.45) is 0 Å². The molecule has 0 amide bonds. The fourth-order valence-electron chi connectivity index (χ4n) is 0.706. The molecule has 1 aromatic carbocycles. The molecule has 1 rings (SSSR count). The van der Waals surface area contributed by atoms with Crippen molar-refractivity contribution in [2.75, 3.05) is 0 Å². The van der Waals surface area contributed by atoms with Gasteiger partial charge >= 0.3 is 17.0 Å². The van der Waals surface area contributed by atoms with Gasteiger partial charge in [0, 0.05) is 0 Å². The summed E-state index contributed by atoms with van der Waals surface area (Å²) in [6.45, 7) is 0. The van der Waals surface area contributed by atoms with Gasteiger partial charge < -0.3 is 4.18 Å². The van der Waals surface area contributed by atoms with Crippen molar-refractivity contribution in [1.82, 2.24) is 0 Å². The molecule has 0 heterocycles. The largest absolute Gasteiger partial charge is 0.353 e. The van der Waals surface area contributed by atoms with Crippen molar-refractivity contribution in [3.05, 3.63) is 35.6 Å². The molecule has 0 bridgehead atoms. The lowest BCUT2D eigenvalue weighted by Crippen LogP contribution is -2.03. The van der Waals surface area contributed by atoms with Crippen LogP contribution in [0.2, 0.25) is 0 Å². The third-order valence-electron chi connectivity index (χ3n) is 1.24. The van der Waals surface area contributed by atoms with Gasteiger partial charge in [-0.1, -0.05) is 0 Å². The Labute approximate surface area is 75.1 Å². The maximum atomic E-state index is 12.3. The van der Waals surface area contributed by atoms with Crippen molar-refractivity contribution in [3.63, 3.8) is 0 Å². The summed E-state index contributed by atoms with van der Waals surface area (Å²) in [6, 6.07) is 4.34. The minimum atomic E-state index is -3.21. The lowest BCUT2D eigenvalue weighted by Gasteiger charge is -1.95. The Morgan fingerprint density at radius 2 is 1.77 bits per heavy atom. The summed E-state index contributed by atoms with van der Waals surface area (Å²) < 4.78 is 36.1. The van der Waals surface area contributed by atoms with Crippen LogP contribution in [0.25, 0.3) is 0 Å². The normalized spacial score (nSPS) is 10.0. The van der Waals surface area contributed by atoms with Crippen molar-refractivity contribution in [2.45, 2.75) is 0 Å². The summed E-state index contributed by atoms with van der Waals surface area (Å²) in [7, 11) is -3.21. The second-order valence-electron chi connectivity index (χ2n) is 2.11. The molecule has 1 aromatic rings. The van der Waals surface area contributed by atoms with Gasteiger partial charge in [-0.05, 0) is 24.3 Å². The van der Waals surface area contributed by atoms with Crippen LogP contribution in [0, 0.1) is 5.82 Å². The number of carbonyl (C=O) groups excluding carboxylic acids is 1. The van der Waals surface area contributed by atoms with Crippen LogP contribution in [0.5, 0.6) is 0 Å². The molecule has 0 saturated carbocycles. The minimum absolute atomic E-state index is 0.0133. The van der Waals surface area contributed by atoms with Crippen LogP contribution in [0.1, 0.15) is 10.4 Å². The Balaban J connectivity index is 2.83. The number of rotatable bonds is 2. The number of carbonyl (C=O) groups is 1. The van der Waals surface area contributed by atoms with E-state index in [9.17, 15) is 17.6 Å². The molecule has 0 N–H and O–H groups in total. The molecule has 0 spiro atoms. The van der Waals surface area contributed by atoms with Crippen LogP contribution in [0.15, 0.2) is 24.3 Å². The maximum absolute atomic E-state index is 12.3. The van der Waals surface area contributed by atoms with E-state index in [1.807, 2.05) is 0 Å². The molecule has 4 nitrogen and oxygen atoms in total. The summed E-state index contributed by atoms with van der Waals surface area (Å²) >= 11 is 0. The molecule has 0 unspecified atom stereocenters. The quantitative estimate of drug-likeness (QED) is 0.713. The summed E-state index contributed by atoms with van der Waals surface area (Å²) in [6.07, 6.45) is 0. The molecule has 70 valence electrons. The first-order chi connectivity index (χ1) is 6.09. The summed E-state index contributed by atoms with van der Waals surface area (Å²) in [4.78, 5) is 10.8. The second kappa shape index (κ2) is 3.99. The van der Waals surface area contributed by atoms with E-state index >= 15 is 0 Å². The van der Waals surface area contributed by atoms with E-state index in [1.165, 1.54) is 0 Å². The molecule has 6 heteroatoms. The van der Waals surface area contributed by atoms with Crippen LogP contribution < -0.4 is 0 Å². The zero-order chi connectivity index (χ0) is 9.84. The SMILES string of the molecule is O=C(O[SH](=O)=O)c1ccc(F)cc1. The maximum Gasteiger partial charge on any atom is 0.353 e. The fraction of sp³-hybridized carbons (Fsp3) is 0. The molecule has 0 aliphatic heterocycles. The molecule has 13 heavy (non-hydrogen) atoms. The summed E-state index contributed by atoms with van der Waals surface area (Å²) in [5, 5.41) is 0. The number of benzene rings is 1. The van der Waals surface area contributed by atoms with Gasteiger partial charge in [0.15, 0.2) is 0 Å². The molecular formula is C7H5FO4S. The highest BCUT2D eigenvalue weighted by Crippen LogP contribution is 2.04. The lowest BCUT2D eigenvalue weighted by molar-refractivity contribution is 0.0754. The molecule has 0 atom stereocenters. The highest BCUT2D eigenvalue weighted by Gasteiger charge is 2.07. The van der Waals surface area contributed by atoms with Crippen LogP contribution >= 0.6 is 0 Å². The van der Waals surface area contributed by atoms with Gasteiger partial charge in [-0.15, -0.1) is 0 Å². The lowest BCUT2D eigenvalue weighted by atomic mass is 10.2. The van der Waals surface area contributed by atoms with Gasteiger partial charge in [0.1, 0.15) is 5.82 Å². The number of hydrogen-bond acceptors (Lipinski definition) is 4. The van der Waals surface area contributed by atoms with Gasteiger partial charge in [-0.2, -0.15) is 8.42 Å². The van der Waals surface area contributed by atoms with Crippen molar-refractivity contribution >= 4 is 17.0 Å². The average molecular weight is 204 g/mol. The van der Waals surface area contributed by atoms with Gasteiger partial charge in [0.2, 0.25) is 0 Å². The van der Waals surface area contributed by atoms with Crippen LogP contribution in [0.4, 0.5) is 4.39 Å². The Morgan fingerprint density at radius 1 is 1.23 bits per heavy atom. The Bertz CT molecular complexity index is 374. The van der Waals surface area contributed by atoms with Crippen LogP contribution in [-0.4, -0.2) is 14.4 Å². The molecular weight excluding hydrogens is 199 g/mol. The molecule has 0 fully saturated rings. The number of thiol groups is 1. The Kier molecular flexibility index (Phi) is 2.97. The third kappa shape index (κ3) is 2.83. The van der Waals surface area contributed by atoms with E-state index in [0.717, 1.165) is 24.3 Å². The van der Waals surface area contributed by atoms with Crippen molar-refractivity contribution < 1.29 is 21.8 Å². The predicted octanol–water partition coefficient (Wildman–Crippen LogP) is 0.509. The van der Waals surface area contributed by atoms with E-state index < -0.39 is 22.8 Å². The monoisotopic (exact) mass is 204 g/mol. The van der Waals surface area contributed by atoms with E-state index in [1.54, 1.807) is 0 Å². The van der Waals surface area contributed by atoms with Crippen LogP contribution in [0.3, 0.4) is 0 Å². The van der Waals surface area contributed by atoms with E-state index in [2.05, 4.69) is 4.18 Å². The minimum Gasteiger partial charge on any atom is -0.343 e. The zero-order valence-corrected chi connectivity index (χ0v) is 7.16. The molecule has 0 radical (unpaired) electrons. The molecule has 0 saturated heterocycles. The van der Waals surface area contributed by atoms with Gasteiger partial charge in [0.05, 0.1) is 5.56 Å². The van der Waals surface area contributed by atoms with Crippen molar-refractivity contribution in [3.8, 4) is 0 Å². The van der Waals surface area contributed by atoms with E-state index in [4.69, 9.17) is 0 Å². The number of halogens is 1. The standard InChI is InChI=1S/C7H5FO4S/c8-6-3-1-5(2-4-6)7(9)12-13(10)11/h1-4,13H. The summed E-state index contributed by atoms with van der Waals surface area (Å²) in [5.41, 5.74) is -0.0133. The topological polar surface area (TPSA) is 60.4 Å². The zero-order valence-electron chi connectivity index (χ0n) is 6.27. The highest BCUT2D eigenvalue weighted by atomic mass is 32.2. The molecule has 0 aromatic heterocycles. The average Bonchev–Trinajstić information content (AvgIpc) is 2.04. The second-order valence-corrected chi connectivity index (χ2v) is 2.74. The first-order valence-electron chi connectivity index (χ1n) is 3.22. The van der Waals surface area contributed by atoms with E-state index in [0.29, 0.717) is 0 Å². The summed E-state index contributed by atoms with van der Waals surface area (Å²) in [5.74, 6) is -1.53. The Morgan fingerprint density at radius 3 is 2.23 bits per heavy atom. The van der Waals surface area contributed by atoms with Crippen molar-refractivity contribution in [1.29, 1.82) is 0 Å². The third-order valence-corrected chi connectivity index (χ3v) is 1.55. The smallest absolute Gasteiger partial charge is 0.343 e. The Hall–Kier alpha value is -1.43. The first kappa shape index (κ1) is 9.66. The number of hydrogen-bond donors (Lipinski definition) is 1. The van der Waals surface area contributed by atoms with Crippen LogP contribution in [-0.2, 0) is 15.2 Å². The van der Waals surface area contributed by atoms with E-state index in [-0.39, 0.29) is 5.56 Å².